The number of ether oxygens (including phenoxy) is 2. The van der Waals surface area contributed by atoms with Gasteiger partial charge in [-0.2, -0.15) is 0 Å². The van der Waals surface area contributed by atoms with Crippen LogP contribution in [-0.4, -0.2) is 13.7 Å². The smallest absolute Gasteiger partial charge is 0.165 e. The highest BCUT2D eigenvalue weighted by Crippen LogP contribution is 2.40. The maximum atomic E-state index is 14.5. The molecular weight excluding hydrogens is 365 g/mol. The van der Waals surface area contributed by atoms with E-state index in [9.17, 15) is 13.2 Å². The Morgan fingerprint density at radius 3 is 2.29 bits per heavy atom. The minimum atomic E-state index is -0.767. The van der Waals surface area contributed by atoms with E-state index in [0.717, 1.165) is 25.7 Å². The van der Waals surface area contributed by atoms with Crippen LogP contribution in [0.5, 0.6) is 5.75 Å². The van der Waals surface area contributed by atoms with Crippen molar-refractivity contribution >= 4 is 6.08 Å². The van der Waals surface area contributed by atoms with Crippen LogP contribution in [0.2, 0.25) is 0 Å². The zero-order valence-corrected chi connectivity index (χ0v) is 15.8. The summed E-state index contributed by atoms with van der Waals surface area (Å²) in [7, 11) is 1.50. The topological polar surface area (TPSA) is 21.8 Å². The number of hydrogen-bond donors (Lipinski definition) is 0. The van der Waals surface area contributed by atoms with Crippen molar-refractivity contribution in [3.8, 4) is 5.75 Å². The summed E-state index contributed by atoms with van der Waals surface area (Å²) < 4.78 is 52.9. The molecule has 2 aliphatic rings. The lowest BCUT2D eigenvalue weighted by Crippen LogP contribution is -2.14. The van der Waals surface area contributed by atoms with Crippen LogP contribution in [0.4, 0.5) is 13.2 Å². The Kier molecular flexibility index (Phi) is 5.44. The normalized spacial score (nSPS) is 24.5. The van der Waals surface area contributed by atoms with Gasteiger partial charge in [0.25, 0.3) is 0 Å². The average molecular weight is 388 g/mol. The largest absolute Gasteiger partial charge is 0.497 e. The Morgan fingerprint density at radius 2 is 1.64 bits per heavy atom. The van der Waals surface area contributed by atoms with Crippen molar-refractivity contribution in [1.82, 2.24) is 0 Å². The molecule has 1 heterocycles. The van der Waals surface area contributed by atoms with Crippen LogP contribution in [0.1, 0.15) is 54.4 Å². The molecule has 1 atom stereocenters. The van der Waals surface area contributed by atoms with E-state index in [4.69, 9.17) is 9.47 Å². The second-order valence-corrected chi connectivity index (χ2v) is 7.55. The molecule has 1 aliphatic carbocycles. The maximum absolute atomic E-state index is 14.5. The van der Waals surface area contributed by atoms with E-state index in [-0.39, 0.29) is 17.8 Å². The summed E-state index contributed by atoms with van der Waals surface area (Å²) in [6.45, 7) is 0.460. The van der Waals surface area contributed by atoms with Gasteiger partial charge in [0.1, 0.15) is 17.7 Å². The summed E-state index contributed by atoms with van der Waals surface area (Å²) in [5.41, 5.74) is 1.30. The number of methoxy groups -OCH3 is 1. The van der Waals surface area contributed by atoms with Gasteiger partial charge in [0.15, 0.2) is 11.6 Å². The third-order valence-electron chi connectivity index (χ3n) is 5.79. The number of hydrogen-bond acceptors (Lipinski definition) is 2. The van der Waals surface area contributed by atoms with Crippen molar-refractivity contribution in [2.45, 2.75) is 37.7 Å². The SMILES string of the molecule is COc1ccc(/C=C/C2CCC(c3ccc(C4CO4)c(F)c3F)CC2)c(F)c1. The lowest BCUT2D eigenvalue weighted by molar-refractivity contribution is 0.361. The van der Waals surface area contributed by atoms with Gasteiger partial charge >= 0.3 is 0 Å². The van der Waals surface area contributed by atoms with Crippen molar-refractivity contribution in [3.05, 3.63) is 70.5 Å². The predicted octanol–water partition coefficient (Wildman–Crippen LogP) is 6.17. The summed E-state index contributed by atoms with van der Waals surface area (Å²) in [4.78, 5) is 0. The molecule has 4 rings (SSSR count). The molecule has 0 amide bonds. The molecule has 0 N–H and O–H groups in total. The second kappa shape index (κ2) is 8.00. The van der Waals surface area contributed by atoms with Gasteiger partial charge in [-0.3, -0.25) is 0 Å². The Balaban J connectivity index is 1.39. The van der Waals surface area contributed by atoms with Gasteiger partial charge in [-0.15, -0.1) is 0 Å². The van der Waals surface area contributed by atoms with Crippen LogP contribution in [0.3, 0.4) is 0 Å². The molecule has 1 saturated carbocycles. The molecule has 0 spiro atoms. The molecule has 0 bridgehead atoms. The maximum Gasteiger partial charge on any atom is 0.165 e. The first-order chi connectivity index (χ1) is 13.6. The highest BCUT2D eigenvalue weighted by atomic mass is 19.2. The molecular formula is C23H23F3O2. The lowest BCUT2D eigenvalue weighted by atomic mass is 9.78. The van der Waals surface area contributed by atoms with Gasteiger partial charge < -0.3 is 9.47 Å². The van der Waals surface area contributed by atoms with Crippen LogP contribution in [-0.2, 0) is 4.74 Å². The molecule has 1 aliphatic heterocycles. The van der Waals surface area contributed by atoms with E-state index >= 15 is 0 Å². The fourth-order valence-electron chi connectivity index (χ4n) is 4.00. The summed E-state index contributed by atoms with van der Waals surface area (Å²) in [6, 6.07) is 8.16. The van der Waals surface area contributed by atoms with Crippen molar-refractivity contribution < 1.29 is 22.6 Å². The van der Waals surface area contributed by atoms with E-state index in [1.54, 1.807) is 30.3 Å². The van der Waals surface area contributed by atoms with Gasteiger partial charge in [-0.25, -0.2) is 13.2 Å². The molecule has 5 heteroatoms. The summed E-state index contributed by atoms with van der Waals surface area (Å²) in [5, 5.41) is 0. The number of halogens is 3. The second-order valence-electron chi connectivity index (χ2n) is 7.55. The third-order valence-corrected chi connectivity index (χ3v) is 5.79. The fraction of sp³-hybridized carbons (Fsp3) is 0.391. The van der Waals surface area contributed by atoms with Crippen molar-refractivity contribution in [3.63, 3.8) is 0 Å². The lowest BCUT2D eigenvalue weighted by Gasteiger charge is -2.27. The molecule has 1 saturated heterocycles. The first kappa shape index (κ1) is 19.1. The Labute approximate surface area is 163 Å². The van der Waals surface area contributed by atoms with Crippen LogP contribution >= 0.6 is 0 Å². The first-order valence-electron chi connectivity index (χ1n) is 9.68. The first-order valence-corrected chi connectivity index (χ1v) is 9.68. The van der Waals surface area contributed by atoms with Crippen LogP contribution < -0.4 is 4.74 Å². The molecule has 2 fully saturated rings. The zero-order chi connectivity index (χ0) is 19.7. The van der Waals surface area contributed by atoms with Crippen molar-refractivity contribution in [1.29, 1.82) is 0 Å². The number of rotatable bonds is 5. The monoisotopic (exact) mass is 388 g/mol. The molecule has 2 aromatic rings. The molecule has 28 heavy (non-hydrogen) atoms. The number of epoxide rings is 1. The Bertz CT molecular complexity index is 882. The zero-order valence-electron chi connectivity index (χ0n) is 15.8. The molecule has 2 nitrogen and oxygen atoms in total. The summed E-state index contributed by atoms with van der Waals surface area (Å²) in [5.74, 6) is -0.995. The summed E-state index contributed by atoms with van der Waals surface area (Å²) >= 11 is 0. The van der Waals surface area contributed by atoms with Gasteiger partial charge in [0, 0.05) is 17.2 Å². The minimum Gasteiger partial charge on any atom is -0.497 e. The Hall–Kier alpha value is -2.27. The van der Waals surface area contributed by atoms with Gasteiger partial charge in [-0.05, 0) is 55.2 Å². The molecule has 0 radical (unpaired) electrons. The average Bonchev–Trinajstić information content (AvgIpc) is 3.55. The van der Waals surface area contributed by atoms with Gasteiger partial charge in [-0.1, -0.05) is 24.3 Å². The predicted molar refractivity (Wildman–Crippen MR) is 102 cm³/mol. The molecule has 148 valence electrons. The van der Waals surface area contributed by atoms with Crippen LogP contribution in [0.25, 0.3) is 6.08 Å². The van der Waals surface area contributed by atoms with Gasteiger partial charge in [0.05, 0.1) is 13.7 Å². The number of allylic oxidation sites excluding steroid dienone is 1. The quantitative estimate of drug-likeness (QED) is 0.571. The molecule has 1 unspecified atom stereocenters. The van der Waals surface area contributed by atoms with E-state index in [1.165, 1.54) is 13.2 Å². The van der Waals surface area contributed by atoms with Crippen molar-refractivity contribution in [2.24, 2.45) is 5.92 Å². The van der Waals surface area contributed by atoms with E-state index in [2.05, 4.69) is 0 Å². The van der Waals surface area contributed by atoms with E-state index in [1.807, 2.05) is 6.08 Å². The van der Waals surface area contributed by atoms with E-state index in [0.29, 0.717) is 35.0 Å². The van der Waals surface area contributed by atoms with Crippen LogP contribution in [0, 0.1) is 23.4 Å². The number of benzene rings is 2. The standard InChI is InChI=1S/C23H23F3O2/c1-27-17-9-8-16(20(24)12-17)7-4-14-2-5-15(6-3-14)18-10-11-19(21-13-28-21)23(26)22(18)25/h4,7-12,14-15,21H,2-3,5-6,13H2,1H3/b7-4+. The minimum absolute atomic E-state index is 0.0195. The molecule has 0 aromatic heterocycles. The molecule has 2 aromatic carbocycles. The summed E-state index contributed by atoms with van der Waals surface area (Å²) in [6.07, 6.45) is 6.84. The highest BCUT2D eigenvalue weighted by molar-refractivity contribution is 5.52. The van der Waals surface area contributed by atoms with Crippen molar-refractivity contribution in [2.75, 3.05) is 13.7 Å². The Morgan fingerprint density at radius 1 is 0.964 bits per heavy atom. The fourth-order valence-corrected chi connectivity index (χ4v) is 4.00. The van der Waals surface area contributed by atoms with E-state index < -0.39 is 11.6 Å². The van der Waals surface area contributed by atoms with Crippen LogP contribution in [0.15, 0.2) is 36.4 Å². The third kappa shape index (κ3) is 3.95. The van der Waals surface area contributed by atoms with Gasteiger partial charge in [0.2, 0.25) is 0 Å². The highest BCUT2D eigenvalue weighted by Gasteiger charge is 2.32.